The Kier molecular flexibility index (Phi) is 4.14. The summed E-state index contributed by atoms with van der Waals surface area (Å²) in [6.07, 6.45) is 3.97. The van der Waals surface area contributed by atoms with Gasteiger partial charge < -0.3 is 5.32 Å². The van der Waals surface area contributed by atoms with Gasteiger partial charge in [0.15, 0.2) is 10.9 Å². The lowest BCUT2D eigenvalue weighted by atomic mass is 10.0. The molecule has 0 bridgehead atoms. The molecule has 0 spiro atoms. The molecular formula is C21H18N4S2. The van der Waals surface area contributed by atoms with E-state index >= 15 is 0 Å². The van der Waals surface area contributed by atoms with Gasteiger partial charge in [-0.25, -0.2) is 4.98 Å². The van der Waals surface area contributed by atoms with Crippen molar-refractivity contribution in [3.8, 4) is 10.4 Å². The SMILES string of the molecule is CCCc1cc(-c2cc3ccccc3s2)c2[nH]nc(Nc3nccs3)c2c1. The van der Waals surface area contributed by atoms with Crippen molar-refractivity contribution in [1.29, 1.82) is 0 Å². The van der Waals surface area contributed by atoms with Crippen LogP contribution < -0.4 is 5.32 Å². The molecule has 2 N–H and O–H groups in total. The summed E-state index contributed by atoms with van der Waals surface area (Å²) in [6, 6.07) is 15.4. The first-order valence-electron chi connectivity index (χ1n) is 8.98. The lowest BCUT2D eigenvalue weighted by Crippen LogP contribution is -1.91. The Morgan fingerprint density at radius 3 is 2.89 bits per heavy atom. The van der Waals surface area contributed by atoms with Crippen LogP contribution in [0.2, 0.25) is 0 Å². The third-order valence-corrected chi connectivity index (χ3v) is 6.46. The third-order valence-electron chi connectivity index (χ3n) is 4.62. The number of thiazole rings is 1. The number of aromatic amines is 1. The molecule has 0 aliphatic rings. The molecule has 0 fully saturated rings. The standard InChI is InChI=1S/C21H18N4S2/c1-2-5-13-10-15(18-12-14-6-3-4-7-17(14)27-18)19-16(11-13)20(25-24-19)23-21-22-8-9-26-21/h3-4,6-12H,2,5H2,1H3,(H2,22,23,24,25). The quantitative estimate of drug-likeness (QED) is 0.355. The third kappa shape index (κ3) is 3.01. The fourth-order valence-corrected chi connectivity index (χ4v) is 5.02. The van der Waals surface area contributed by atoms with E-state index in [1.807, 2.05) is 16.7 Å². The number of nitrogens with one attached hydrogen (secondary N) is 2. The van der Waals surface area contributed by atoms with E-state index in [2.05, 4.69) is 69.9 Å². The maximum Gasteiger partial charge on any atom is 0.188 e. The maximum absolute atomic E-state index is 4.55. The molecule has 0 radical (unpaired) electrons. The van der Waals surface area contributed by atoms with Crippen LogP contribution in [0.5, 0.6) is 0 Å². The molecule has 134 valence electrons. The van der Waals surface area contributed by atoms with Crippen molar-refractivity contribution in [2.75, 3.05) is 5.32 Å². The second-order valence-corrected chi connectivity index (χ2v) is 8.48. The summed E-state index contributed by atoms with van der Waals surface area (Å²) in [5, 5.41) is 16.4. The molecular weight excluding hydrogens is 372 g/mol. The molecule has 3 heterocycles. The van der Waals surface area contributed by atoms with Gasteiger partial charge in [0, 0.05) is 32.1 Å². The van der Waals surface area contributed by atoms with Crippen molar-refractivity contribution >= 4 is 54.6 Å². The van der Waals surface area contributed by atoms with Crippen LogP contribution in [-0.2, 0) is 6.42 Å². The number of hydrogen-bond acceptors (Lipinski definition) is 5. The second-order valence-electron chi connectivity index (χ2n) is 6.50. The van der Waals surface area contributed by atoms with Gasteiger partial charge in [-0.05, 0) is 41.6 Å². The molecule has 5 rings (SSSR count). The van der Waals surface area contributed by atoms with Crippen LogP contribution in [0, 0.1) is 0 Å². The highest BCUT2D eigenvalue weighted by atomic mass is 32.1. The predicted octanol–water partition coefficient (Wildman–Crippen LogP) is 6.60. The van der Waals surface area contributed by atoms with Crippen LogP contribution in [0.15, 0.2) is 54.0 Å². The number of thiophene rings is 1. The highest BCUT2D eigenvalue weighted by Crippen LogP contribution is 2.39. The largest absolute Gasteiger partial charge is 0.314 e. The van der Waals surface area contributed by atoms with Crippen LogP contribution in [0.4, 0.5) is 10.9 Å². The summed E-state index contributed by atoms with van der Waals surface area (Å²) in [5.41, 5.74) is 3.62. The van der Waals surface area contributed by atoms with Gasteiger partial charge in [-0.2, -0.15) is 5.10 Å². The van der Waals surface area contributed by atoms with Crippen LogP contribution in [0.3, 0.4) is 0 Å². The number of anilines is 2. The van der Waals surface area contributed by atoms with Gasteiger partial charge in [-0.15, -0.1) is 22.7 Å². The molecule has 0 saturated heterocycles. The number of benzene rings is 2. The second kappa shape index (κ2) is 6.79. The molecule has 6 heteroatoms. The number of aryl methyl sites for hydroxylation is 1. The molecule has 3 aromatic heterocycles. The predicted molar refractivity (Wildman–Crippen MR) is 116 cm³/mol. The van der Waals surface area contributed by atoms with E-state index in [0.717, 1.165) is 34.7 Å². The Morgan fingerprint density at radius 1 is 1.15 bits per heavy atom. The maximum atomic E-state index is 4.55. The van der Waals surface area contributed by atoms with Crippen LogP contribution >= 0.6 is 22.7 Å². The molecule has 0 atom stereocenters. The average Bonchev–Trinajstić information content (AvgIpc) is 3.41. The normalized spacial score (nSPS) is 11.4. The molecule has 0 amide bonds. The summed E-state index contributed by atoms with van der Waals surface area (Å²) in [4.78, 5) is 5.59. The summed E-state index contributed by atoms with van der Waals surface area (Å²) in [5.74, 6) is 0.834. The highest BCUT2D eigenvalue weighted by molar-refractivity contribution is 7.22. The van der Waals surface area contributed by atoms with E-state index in [1.165, 1.54) is 26.1 Å². The minimum Gasteiger partial charge on any atom is -0.314 e. The molecule has 2 aromatic carbocycles. The van der Waals surface area contributed by atoms with Crippen molar-refractivity contribution in [1.82, 2.24) is 15.2 Å². The number of nitrogens with zero attached hydrogens (tertiary/aromatic N) is 2. The minimum absolute atomic E-state index is 0.834. The van der Waals surface area contributed by atoms with Crippen molar-refractivity contribution < 1.29 is 0 Å². The van der Waals surface area contributed by atoms with Gasteiger partial charge >= 0.3 is 0 Å². The van der Waals surface area contributed by atoms with Gasteiger partial charge in [-0.1, -0.05) is 31.5 Å². The fraction of sp³-hybridized carbons (Fsp3) is 0.143. The minimum atomic E-state index is 0.834. The lowest BCUT2D eigenvalue weighted by molar-refractivity contribution is 0.924. The zero-order chi connectivity index (χ0) is 18.2. The Bertz CT molecular complexity index is 1180. The van der Waals surface area contributed by atoms with Crippen molar-refractivity contribution in [2.24, 2.45) is 0 Å². The zero-order valence-electron chi connectivity index (χ0n) is 14.8. The fourth-order valence-electron chi connectivity index (χ4n) is 3.40. The Labute approximate surface area is 164 Å². The van der Waals surface area contributed by atoms with Gasteiger partial charge in [0.2, 0.25) is 0 Å². The summed E-state index contributed by atoms with van der Waals surface area (Å²) in [6.45, 7) is 2.22. The number of aromatic nitrogens is 3. The summed E-state index contributed by atoms with van der Waals surface area (Å²) < 4.78 is 1.31. The van der Waals surface area contributed by atoms with Gasteiger partial charge in [-0.3, -0.25) is 5.10 Å². The number of hydrogen-bond donors (Lipinski definition) is 2. The van der Waals surface area contributed by atoms with Crippen LogP contribution in [-0.4, -0.2) is 15.2 Å². The van der Waals surface area contributed by atoms with E-state index in [4.69, 9.17) is 0 Å². The van der Waals surface area contributed by atoms with E-state index in [-0.39, 0.29) is 0 Å². The monoisotopic (exact) mass is 390 g/mol. The van der Waals surface area contributed by atoms with Crippen molar-refractivity contribution in [2.45, 2.75) is 19.8 Å². The smallest absolute Gasteiger partial charge is 0.188 e. The van der Waals surface area contributed by atoms with Crippen molar-refractivity contribution in [3.05, 3.63) is 59.6 Å². The van der Waals surface area contributed by atoms with E-state index in [1.54, 1.807) is 17.5 Å². The number of fused-ring (bicyclic) bond motifs is 2. The molecule has 0 saturated carbocycles. The first-order valence-corrected chi connectivity index (χ1v) is 10.7. The van der Waals surface area contributed by atoms with E-state index in [9.17, 15) is 0 Å². The summed E-state index contributed by atoms with van der Waals surface area (Å²) >= 11 is 3.40. The average molecular weight is 391 g/mol. The Morgan fingerprint density at radius 2 is 2.07 bits per heavy atom. The molecule has 5 aromatic rings. The van der Waals surface area contributed by atoms with E-state index < -0.39 is 0 Å². The molecule has 0 aliphatic carbocycles. The van der Waals surface area contributed by atoms with Crippen molar-refractivity contribution in [3.63, 3.8) is 0 Å². The Balaban J connectivity index is 1.69. The molecule has 0 aliphatic heterocycles. The molecule has 0 unspecified atom stereocenters. The van der Waals surface area contributed by atoms with Crippen LogP contribution in [0.25, 0.3) is 31.4 Å². The summed E-state index contributed by atoms with van der Waals surface area (Å²) in [7, 11) is 0. The number of H-pyrrole nitrogens is 1. The zero-order valence-corrected chi connectivity index (χ0v) is 16.5. The number of rotatable bonds is 5. The van der Waals surface area contributed by atoms with Gasteiger partial charge in [0.05, 0.1) is 5.52 Å². The van der Waals surface area contributed by atoms with Gasteiger partial charge in [0.25, 0.3) is 0 Å². The Hall–Kier alpha value is -2.70. The first-order chi connectivity index (χ1) is 13.3. The lowest BCUT2D eigenvalue weighted by Gasteiger charge is -2.06. The molecule has 4 nitrogen and oxygen atoms in total. The first kappa shape index (κ1) is 16.5. The van der Waals surface area contributed by atoms with Gasteiger partial charge in [0.1, 0.15) is 0 Å². The van der Waals surface area contributed by atoms with E-state index in [0.29, 0.717) is 0 Å². The van der Waals surface area contributed by atoms with Crippen LogP contribution in [0.1, 0.15) is 18.9 Å². The highest BCUT2D eigenvalue weighted by Gasteiger charge is 2.15. The topological polar surface area (TPSA) is 53.6 Å². The molecule has 27 heavy (non-hydrogen) atoms.